The van der Waals surface area contributed by atoms with Crippen molar-refractivity contribution in [3.05, 3.63) is 0 Å². The third-order valence-electron chi connectivity index (χ3n) is 2.26. The molecule has 0 amide bonds. The van der Waals surface area contributed by atoms with E-state index in [1.807, 2.05) is 0 Å². The molecule has 0 aromatic carbocycles. The van der Waals surface area contributed by atoms with Crippen LogP contribution >= 0.6 is 7.60 Å². The highest BCUT2D eigenvalue weighted by Gasteiger charge is 2.43. The van der Waals surface area contributed by atoms with Gasteiger partial charge in [-0.1, -0.05) is 0 Å². The van der Waals surface area contributed by atoms with Crippen molar-refractivity contribution in [3.8, 4) is 0 Å². The van der Waals surface area contributed by atoms with Crippen molar-refractivity contribution < 1.29 is 34.0 Å². The van der Waals surface area contributed by atoms with Gasteiger partial charge in [0.1, 0.15) is 12.2 Å². The minimum Gasteiger partial charge on any atom is -0.387 e. The molecule has 90 valence electrons. The van der Waals surface area contributed by atoms with Gasteiger partial charge in [-0.3, -0.25) is 4.57 Å². The first-order chi connectivity index (χ1) is 6.85. The van der Waals surface area contributed by atoms with Crippen LogP contribution in [0.15, 0.2) is 0 Å². The fraction of sp³-hybridized carbons (Fsp3) is 1.00. The number of hydrogen-bond donors (Lipinski definition) is 4. The summed E-state index contributed by atoms with van der Waals surface area (Å²) in [6.45, 7) is 0. The minimum absolute atomic E-state index is 0.0254. The maximum Gasteiger partial charge on any atom is 0.325 e. The zero-order chi connectivity index (χ0) is 11.6. The van der Waals surface area contributed by atoms with E-state index in [1.54, 1.807) is 0 Å². The molecule has 0 aliphatic carbocycles. The number of aliphatic hydroxyl groups is 2. The van der Waals surface area contributed by atoms with E-state index in [-0.39, 0.29) is 6.42 Å². The lowest BCUT2D eigenvalue weighted by Gasteiger charge is -2.14. The summed E-state index contributed by atoms with van der Waals surface area (Å²) in [6.07, 6.45) is -4.53. The lowest BCUT2D eigenvalue weighted by atomic mass is 10.1. The molecule has 1 heterocycles. The molecule has 1 saturated heterocycles. The fourth-order valence-corrected chi connectivity index (χ4v) is 2.03. The van der Waals surface area contributed by atoms with Gasteiger partial charge >= 0.3 is 7.60 Å². The average Bonchev–Trinajstić information content (AvgIpc) is 2.40. The summed E-state index contributed by atoms with van der Waals surface area (Å²) in [5.41, 5.74) is 0. The Morgan fingerprint density at radius 3 is 2.33 bits per heavy atom. The van der Waals surface area contributed by atoms with Gasteiger partial charge in [0.2, 0.25) is 0 Å². The van der Waals surface area contributed by atoms with Gasteiger partial charge in [0.25, 0.3) is 0 Å². The normalized spacial score (nSPS) is 37.1. The Morgan fingerprint density at radius 2 is 1.93 bits per heavy atom. The first kappa shape index (κ1) is 13.1. The van der Waals surface area contributed by atoms with Crippen LogP contribution in [-0.2, 0) is 14.0 Å². The zero-order valence-corrected chi connectivity index (χ0v) is 9.08. The summed E-state index contributed by atoms with van der Waals surface area (Å²) in [4.78, 5) is 17.3. The standard InChI is InChI=1S/C7H15O7P/c1-13-7-6(9)5(8)4(14-7)2-3-15(10,11)12/h4-9H,2-3H2,1H3,(H2,10,11,12)/t4-,5-,6-,7-/m1/s1. The lowest BCUT2D eigenvalue weighted by molar-refractivity contribution is -0.148. The summed E-state index contributed by atoms with van der Waals surface area (Å²) in [5, 5.41) is 18.8. The molecule has 1 rings (SSSR count). The lowest BCUT2D eigenvalue weighted by Crippen LogP contribution is -2.33. The van der Waals surface area contributed by atoms with E-state index in [4.69, 9.17) is 19.3 Å². The van der Waals surface area contributed by atoms with Gasteiger partial charge < -0.3 is 29.5 Å². The summed E-state index contributed by atoms with van der Waals surface area (Å²) in [7, 11) is -2.79. The summed E-state index contributed by atoms with van der Waals surface area (Å²) >= 11 is 0. The van der Waals surface area contributed by atoms with Crippen LogP contribution in [0.2, 0.25) is 0 Å². The van der Waals surface area contributed by atoms with E-state index < -0.39 is 38.4 Å². The van der Waals surface area contributed by atoms with Crippen molar-refractivity contribution >= 4 is 7.60 Å². The van der Waals surface area contributed by atoms with E-state index in [0.29, 0.717) is 0 Å². The largest absolute Gasteiger partial charge is 0.387 e. The van der Waals surface area contributed by atoms with Crippen LogP contribution in [0.3, 0.4) is 0 Å². The molecule has 1 aliphatic rings. The van der Waals surface area contributed by atoms with Gasteiger partial charge in [-0.05, 0) is 6.42 Å². The van der Waals surface area contributed by atoms with Crippen LogP contribution in [-0.4, -0.2) is 57.9 Å². The van der Waals surface area contributed by atoms with Gasteiger partial charge in [0.05, 0.1) is 12.3 Å². The van der Waals surface area contributed by atoms with E-state index in [9.17, 15) is 14.8 Å². The maximum atomic E-state index is 10.6. The van der Waals surface area contributed by atoms with Crippen LogP contribution in [0.25, 0.3) is 0 Å². The van der Waals surface area contributed by atoms with Crippen LogP contribution < -0.4 is 0 Å². The molecule has 15 heavy (non-hydrogen) atoms. The van der Waals surface area contributed by atoms with E-state index in [2.05, 4.69) is 0 Å². The number of ether oxygens (including phenoxy) is 2. The molecule has 0 spiro atoms. The van der Waals surface area contributed by atoms with E-state index in [1.165, 1.54) is 7.11 Å². The quantitative estimate of drug-likeness (QED) is 0.450. The maximum absolute atomic E-state index is 10.6. The van der Waals surface area contributed by atoms with Crippen molar-refractivity contribution in [2.75, 3.05) is 13.3 Å². The molecule has 0 radical (unpaired) electrons. The molecule has 0 unspecified atom stereocenters. The zero-order valence-electron chi connectivity index (χ0n) is 8.18. The van der Waals surface area contributed by atoms with Crippen molar-refractivity contribution in [1.29, 1.82) is 0 Å². The van der Waals surface area contributed by atoms with Crippen LogP contribution in [0.4, 0.5) is 0 Å². The highest BCUT2D eigenvalue weighted by molar-refractivity contribution is 7.51. The van der Waals surface area contributed by atoms with Crippen molar-refractivity contribution in [2.24, 2.45) is 0 Å². The Morgan fingerprint density at radius 1 is 1.33 bits per heavy atom. The molecule has 4 N–H and O–H groups in total. The summed E-state index contributed by atoms with van der Waals surface area (Å²) in [6, 6.07) is 0. The molecule has 4 atom stereocenters. The topological polar surface area (TPSA) is 116 Å². The van der Waals surface area contributed by atoms with Crippen LogP contribution in [0.5, 0.6) is 0 Å². The third-order valence-corrected chi connectivity index (χ3v) is 3.10. The Bertz CT molecular complexity index is 252. The highest BCUT2D eigenvalue weighted by Crippen LogP contribution is 2.37. The van der Waals surface area contributed by atoms with Gasteiger partial charge in [-0.2, -0.15) is 0 Å². The van der Waals surface area contributed by atoms with E-state index in [0.717, 1.165) is 0 Å². The second kappa shape index (κ2) is 4.88. The van der Waals surface area contributed by atoms with Gasteiger partial charge in [-0.15, -0.1) is 0 Å². The van der Waals surface area contributed by atoms with Crippen molar-refractivity contribution in [1.82, 2.24) is 0 Å². The fourth-order valence-electron chi connectivity index (χ4n) is 1.44. The Labute approximate surface area is 86.8 Å². The first-order valence-corrected chi connectivity index (χ1v) is 6.24. The number of methoxy groups -OCH3 is 1. The number of aliphatic hydroxyl groups excluding tert-OH is 2. The van der Waals surface area contributed by atoms with Gasteiger partial charge in [-0.25, -0.2) is 0 Å². The van der Waals surface area contributed by atoms with Crippen LogP contribution in [0.1, 0.15) is 6.42 Å². The monoisotopic (exact) mass is 242 g/mol. The summed E-state index contributed by atoms with van der Waals surface area (Å²) in [5.74, 6) is 0. The van der Waals surface area contributed by atoms with Crippen LogP contribution in [0, 0.1) is 0 Å². The smallest absolute Gasteiger partial charge is 0.325 e. The number of hydrogen-bond acceptors (Lipinski definition) is 5. The van der Waals surface area contributed by atoms with Crippen molar-refractivity contribution in [2.45, 2.75) is 31.0 Å². The van der Waals surface area contributed by atoms with Gasteiger partial charge in [0.15, 0.2) is 6.29 Å². The first-order valence-electron chi connectivity index (χ1n) is 4.44. The van der Waals surface area contributed by atoms with Crippen molar-refractivity contribution in [3.63, 3.8) is 0 Å². The van der Waals surface area contributed by atoms with Gasteiger partial charge in [0, 0.05) is 7.11 Å². The second-order valence-corrected chi connectivity index (χ2v) is 5.21. The van der Waals surface area contributed by atoms with E-state index >= 15 is 0 Å². The second-order valence-electron chi connectivity index (χ2n) is 3.44. The predicted molar refractivity (Wildman–Crippen MR) is 49.2 cm³/mol. The molecule has 1 fully saturated rings. The number of rotatable bonds is 4. The molecule has 0 aromatic heterocycles. The molecular formula is C7H15O7P. The summed E-state index contributed by atoms with van der Waals surface area (Å²) < 4.78 is 20.4. The SMILES string of the molecule is CO[C@@H]1O[C@H](CCP(=O)(O)O)[C@@H](O)[C@H]1O. The molecule has 1 aliphatic heterocycles. The molecule has 0 saturated carbocycles. The molecular weight excluding hydrogens is 227 g/mol. The molecule has 7 nitrogen and oxygen atoms in total. The Balaban J connectivity index is 2.47. The Kier molecular flexibility index (Phi) is 4.25. The Hall–Kier alpha value is -0.0100. The molecule has 8 heteroatoms. The minimum atomic E-state index is -4.11. The molecule has 0 aromatic rings. The highest BCUT2D eigenvalue weighted by atomic mass is 31.2. The average molecular weight is 242 g/mol. The predicted octanol–water partition coefficient (Wildman–Crippen LogP) is -1.35. The molecule has 0 bridgehead atoms. The third kappa shape index (κ3) is 3.49.